The van der Waals surface area contributed by atoms with Gasteiger partial charge in [0.25, 0.3) is 0 Å². The number of likely N-dealkylation sites (tertiary alicyclic amines) is 2. The smallest absolute Gasteiger partial charge is 0.326 e. The SMILES string of the molecule is CC[C@H](C)[C@H](NC(=O)[C@H](CC(C)C)NC(=O)[C@H](CO)NC(=O)[C@@H](N)CS)C(=O)N1CCC[C@H]1C(=O)N[C@H](C(=O)N1CCC[C@H]1C(=O)N[C@@H](CC(=O)O)C(=O)N[C@@H](CCCCN)C(=O)N[C@@H](CCC(=O)O)C(=O)N[C@@H](CC(=O)O)C(=O)N[C@@H](CC(=O)O)C(=O)N[C@@H](CC(=O)O)C(=O)N[C@@H](CCCN=C(N)N)C(=O)N[C@H](C(=O)O)C(C)C)[C@@H](C)O. The lowest BCUT2D eigenvalue weighted by Gasteiger charge is -2.34. The minimum absolute atomic E-state index is 0.0159. The Balaban J connectivity index is 2.49. The zero-order valence-corrected chi connectivity index (χ0v) is 67.5. The van der Waals surface area contributed by atoms with Crippen molar-refractivity contribution in [3.8, 4) is 0 Å². The number of nitrogens with two attached hydrogens (primary N) is 4. The van der Waals surface area contributed by atoms with Crippen LogP contribution in [0.15, 0.2) is 4.99 Å². The first-order valence-corrected chi connectivity index (χ1v) is 38.9. The molecular formula is C70H115N19O28S. The van der Waals surface area contributed by atoms with Crippen molar-refractivity contribution in [1.29, 1.82) is 0 Å². The van der Waals surface area contributed by atoms with E-state index in [-0.39, 0.29) is 102 Å². The molecule has 0 radical (unpaired) electrons. The van der Waals surface area contributed by atoms with Crippen LogP contribution in [0.2, 0.25) is 0 Å². The molecule has 0 aromatic heterocycles. The van der Waals surface area contributed by atoms with Gasteiger partial charge in [0.1, 0.15) is 84.6 Å². The molecule has 0 bridgehead atoms. The van der Waals surface area contributed by atoms with Crippen molar-refractivity contribution in [2.45, 2.75) is 254 Å². The third-order valence-corrected chi connectivity index (χ3v) is 19.3. The fourth-order valence-electron chi connectivity index (χ4n) is 12.3. The van der Waals surface area contributed by atoms with E-state index < -0.39 is 279 Å². The monoisotopic (exact) mass is 1700 g/mol. The number of guanidine groups is 1. The highest BCUT2D eigenvalue weighted by Gasteiger charge is 2.46. The summed E-state index contributed by atoms with van der Waals surface area (Å²) >= 11 is 3.97. The maximum atomic E-state index is 14.6. The molecule has 28 N–H and O–H groups in total. The minimum atomic E-state index is -2.38. The van der Waals surface area contributed by atoms with Crippen LogP contribution >= 0.6 is 12.6 Å². The summed E-state index contributed by atoms with van der Waals surface area (Å²) < 4.78 is 0. The number of hydrogen-bond donors (Lipinski definition) is 25. The first-order chi connectivity index (χ1) is 55.2. The second kappa shape index (κ2) is 51.1. The van der Waals surface area contributed by atoms with E-state index in [2.05, 4.69) is 65.5 Å². The average molecular weight is 1700 g/mol. The zero-order chi connectivity index (χ0) is 89.7. The third-order valence-electron chi connectivity index (χ3n) is 18.9. The predicted octanol–water partition coefficient (Wildman–Crippen LogP) is -8.80. The van der Waals surface area contributed by atoms with E-state index in [0.29, 0.717) is 6.42 Å². The number of rotatable bonds is 54. The first-order valence-electron chi connectivity index (χ1n) is 38.2. The third kappa shape index (κ3) is 35.0. The molecule has 48 heteroatoms. The zero-order valence-electron chi connectivity index (χ0n) is 66.6. The van der Waals surface area contributed by atoms with Gasteiger partial charge >= 0.3 is 35.8 Å². The molecule has 0 aromatic carbocycles. The number of aliphatic imine (C=N–C) groups is 1. The molecule has 2 fully saturated rings. The predicted molar refractivity (Wildman–Crippen MR) is 413 cm³/mol. The highest BCUT2D eigenvalue weighted by Crippen LogP contribution is 2.25. The lowest BCUT2D eigenvalue weighted by molar-refractivity contribution is -0.147. The van der Waals surface area contributed by atoms with E-state index in [9.17, 15) is 137 Å². The molecular weight excluding hydrogens is 1590 g/mol. The van der Waals surface area contributed by atoms with Crippen molar-refractivity contribution in [1.82, 2.24) is 73.6 Å². The van der Waals surface area contributed by atoms with E-state index in [4.69, 9.17) is 22.9 Å². The number of carboxylic acids is 6. The summed E-state index contributed by atoms with van der Waals surface area (Å²) in [5.41, 5.74) is 22.1. The number of carbonyl (C=O) groups excluding carboxylic acids is 14. The van der Waals surface area contributed by atoms with Crippen molar-refractivity contribution in [3.05, 3.63) is 0 Å². The number of amides is 14. The Morgan fingerprint density at radius 2 is 0.814 bits per heavy atom. The largest absolute Gasteiger partial charge is 0.481 e. The number of aliphatic carboxylic acids is 6. The number of unbranched alkanes of at least 4 members (excludes halogenated alkanes) is 1. The molecule has 664 valence electrons. The number of hydrogen-bond acceptors (Lipinski definition) is 26. The fraction of sp³-hybridized carbons (Fsp3) is 0.700. The molecule has 0 aromatic rings. The van der Waals surface area contributed by atoms with Gasteiger partial charge in [-0.1, -0.05) is 48.0 Å². The molecule has 2 rings (SSSR count). The Hall–Kier alpha value is -11.1. The van der Waals surface area contributed by atoms with Gasteiger partial charge in [0.15, 0.2) is 5.96 Å². The highest BCUT2D eigenvalue weighted by atomic mass is 32.1. The molecule has 0 unspecified atom stereocenters. The van der Waals surface area contributed by atoms with Gasteiger partial charge < -0.3 is 137 Å². The van der Waals surface area contributed by atoms with Crippen molar-refractivity contribution in [2.24, 2.45) is 45.7 Å². The Morgan fingerprint density at radius 1 is 0.449 bits per heavy atom. The van der Waals surface area contributed by atoms with E-state index in [1.165, 1.54) is 18.7 Å². The summed E-state index contributed by atoms with van der Waals surface area (Å²) in [6, 6.07) is -26.2. The number of carbonyl (C=O) groups is 20. The van der Waals surface area contributed by atoms with Crippen LogP contribution in [0.4, 0.5) is 0 Å². The van der Waals surface area contributed by atoms with Crippen LogP contribution < -0.4 is 86.7 Å². The Labute approximate surface area is 683 Å². The van der Waals surface area contributed by atoms with Gasteiger partial charge in [-0.2, -0.15) is 12.6 Å². The molecule has 2 aliphatic heterocycles. The number of thiol groups is 1. The molecule has 0 aliphatic carbocycles. The van der Waals surface area contributed by atoms with E-state index >= 15 is 0 Å². The number of nitrogens with one attached hydrogen (secondary N) is 12. The van der Waals surface area contributed by atoms with Crippen molar-refractivity contribution < 1.29 is 137 Å². The highest BCUT2D eigenvalue weighted by molar-refractivity contribution is 7.80. The number of carboxylic acid groups (broad SMARTS) is 6. The summed E-state index contributed by atoms with van der Waals surface area (Å²) in [5, 5.41) is 107. The second-order valence-corrected chi connectivity index (χ2v) is 29.6. The summed E-state index contributed by atoms with van der Waals surface area (Å²) in [4.78, 5) is 275. The number of nitrogens with zero attached hydrogens (tertiary/aromatic N) is 3. The van der Waals surface area contributed by atoms with Crippen LogP contribution in [0.1, 0.15) is 158 Å². The van der Waals surface area contributed by atoms with Crippen LogP contribution in [-0.4, -0.2) is 310 Å². The molecule has 118 heavy (non-hydrogen) atoms. The Morgan fingerprint density at radius 3 is 1.19 bits per heavy atom. The number of aliphatic hydroxyl groups excluding tert-OH is 2. The quantitative estimate of drug-likeness (QED) is 0.0116. The molecule has 0 spiro atoms. The van der Waals surface area contributed by atoms with Crippen molar-refractivity contribution >= 4 is 137 Å². The van der Waals surface area contributed by atoms with Gasteiger partial charge in [-0.05, 0) is 102 Å². The van der Waals surface area contributed by atoms with Gasteiger partial charge in [-0.3, -0.25) is 96.1 Å². The maximum absolute atomic E-state index is 14.6. The van der Waals surface area contributed by atoms with E-state index in [1.54, 1.807) is 27.7 Å². The van der Waals surface area contributed by atoms with Gasteiger partial charge in [0.2, 0.25) is 82.7 Å². The van der Waals surface area contributed by atoms with E-state index in [1.807, 2.05) is 16.0 Å². The molecule has 2 aliphatic rings. The second-order valence-electron chi connectivity index (χ2n) is 29.3. The molecule has 2 saturated heterocycles. The fourth-order valence-corrected chi connectivity index (χ4v) is 12.5. The summed E-state index contributed by atoms with van der Waals surface area (Å²) in [5.74, 6) is -28.9. The Bertz CT molecular complexity index is 3610. The molecule has 0 saturated carbocycles. The minimum Gasteiger partial charge on any atom is -0.481 e. The molecule has 47 nitrogen and oxygen atoms in total. The van der Waals surface area contributed by atoms with Crippen LogP contribution in [0.5, 0.6) is 0 Å². The lowest BCUT2D eigenvalue weighted by atomic mass is 9.95. The van der Waals surface area contributed by atoms with Crippen molar-refractivity contribution in [3.63, 3.8) is 0 Å². The van der Waals surface area contributed by atoms with Crippen LogP contribution in [0.25, 0.3) is 0 Å². The van der Waals surface area contributed by atoms with Crippen LogP contribution in [0.3, 0.4) is 0 Å². The van der Waals surface area contributed by atoms with Gasteiger partial charge in [-0.15, -0.1) is 0 Å². The average Bonchev–Trinajstić information content (AvgIpc) is 1.77. The van der Waals surface area contributed by atoms with Crippen LogP contribution in [0, 0.1) is 17.8 Å². The molecule has 14 amide bonds. The summed E-state index contributed by atoms with van der Waals surface area (Å²) in [6.07, 6.45) is -9.05. The standard InChI is InChI=1S/C70H115N19O28S/c1-8-33(6)53(86-63(110)39(24-31(2)3)79-64(111)44(29-90)84-55(102)35(72)30-118)67(114)88-22-13-17-46(88)66(113)87-54(34(7)91)68(115)89-23-12-16-45(89)65(112)83-43(28-51(100)101)60(107)76-36(14-9-10-20-71)56(103)78-38(18-19-47(92)93)57(104)80-41(26-49(96)97)61(108)82-42(27-50(98)99)62(109)81-40(25-48(94)95)59(106)77-37(15-11-21-75-70(73)74)58(105)85-52(32(4)5)69(116)117/h31-46,52-54,90-91,118H,8-30,71-72H2,1-7H3,(H,76,107)(H,77,106)(H,78,103)(H,79,111)(H,80,104)(H,81,109)(H,82,108)(H,83,112)(H,84,102)(H,85,105)(H,86,110)(H,87,113)(H,92,93)(H,94,95)(H,96,97)(H,98,99)(H,100,101)(H,116,117)(H4,73,74,75)/t33-,34+,35-,36-,37-,38-,39-,40-,41-,42-,43-,44-,45-,46-,52-,53-,54-/m0/s1. The maximum Gasteiger partial charge on any atom is 0.326 e. The van der Waals surface area contributed by atoms with Gasteiger partial charge in [0, 0.05) is 31.8 Å². The number of aliphatic hydroxyl groups is 2. The van der Waals surface area contributed by atoms with Crippen LogP contribution in [-0.2, 0) is 95.9 Å². The van der Waals surface area contributed by atoms with Gasteiger partial charge in [0.05, 0.1) is 44.4 Å². The van der Waals surface area contributed by atoms with E-state index in [0.717, 1.165) is 11.8 Å². The molecule has 2 heterocycles. The summed E-state index contributed by atoms with van der Waals surface area (Å²) in [7, 11) is 0. The lowest BCUT2D eigenvalue weighted by Crippen LogP contribution is -2.62. The Kier molecular flexibility index (Phi) is 44.6. The van der Waals surface area contributed by atoms with Gasteiger partial charge in [-0.25, -0.2) is 4.79 Å². The normalized spacial score (nSPS) is 17.6. The summed E-state index contributed by atoms with van der Waals surface area (Å²) in [6.45, 7) is 9.60. The molecule has 17 atom stereocenters. The first kappa shape index (κ1) is 103. The topological polar surface area (TPSA) is 771 Å². The van der Waals surface area contributed by atoms with Crippen molar-refractivity contribution in [2.75, 3.05) is 38.5 Å².